The lowest BCUT2D eigenvalue weighted by molar-refractivity contribution is 0.0975. The smallest absolute Gasteiger partial charge is 0.353 e. The fourth-order valence-electron chi connectivity index (χ4n) is 2.28. The Kier molecular flexibility index (Phi) is 4.05. The molecule has 1 amide bonds. The summed E-state index contributed by atoms with van der Waals surface area (Å²) in [5.74, 6) is -1.90. The highest BCUT2D eigenvalue weighted by atomic mass is 32.2. The molecule has 2 aromatic carbocycles. The molecule has 0 bridgehead atoms. The van der Waals surface area contributed by atoms with Crippen LogP contribution in [0.4, 0.5) is 0 Å². The summed E-state index contributed by atoms with van der Waals surface area (Å²) in [4.78, 5) is 24.1. The van der Waals surface area contributed by atoms with E-state index in [1.165, 1.54) is 24.3 Å². The number of hydrogen-bond acceptors (Lipinski definition) is 6. The van der Waals surface area contributed by atoms with Gasteiger partial charge >= 0.3 is 5.63 Å². The Hall–Kier alpha value is -3.13. The lowest BCUT2D eigenvalue weighted by atomic mass is 10.1. The molecule has 0 saturated carbocycles. The molecule has 2 N–H and O–H groups in total. The lowest BCUT2D eigenvalue weighted by Gasteiger charge is -2.08. The first-order chi connectivity index (χ1) is 11.8. The van der Waals surface area contributed by atoms with E-state index in [9.17, 15) is 23.1 Å². The Morgan fingerprint density at radius 3 is 2.40 bits per heavy atom. The summed E-state index contributed by atoms with van der Waals surface area (Å²) in [6.45, 7) is 1.79. The number of benzene rings is 2. The van der Waals surface area contributed by atoms with E-state index >= 15 is 0 Å². The third-order valence-corrected chi connectivity index (χ3v) is 4.92. The van der Waals surface area contributed by atoms with Crippen molar-refractivity contribution in [3.63, 3.8) is 0 Å². The maximum absolute atomic E-state index is 12.3. The van der Waals surface area contributed by atoms with Crippen LogP contribution in [0.15, 0.2) is 62.6 Å². The molecule has 3 rings (SSSR count). The summed E-state index contributed by atoms with van der Waals surface area (Å²) in [5, 5.41) is 10.3. The van der Waals surface area contributed by atoms with Crippen LogP contribution in [0.2, 0.25) is 0 Å². The first-order valence-electron chi connectivity index (χ1n) is 7.18. The van der Waals surface area contributed by atoms with Gasteiger partial charge in [0, 0.05) is 0 Å². The van der Waals surface area contributed by atoms with Gasteiger partial charge in [-0.3, -0.25) is 4.79 Å². The number of carbonyl (C=O) groups excluding carboxylic acids is 1. The van der Waals surface area contributed by atoms with Crippen LogP contribution in [0.1, 0.15) is 15.9 Å². The van der Waals surface area contributed by atoms with E-state index in [0.29, 0.717) is 0 Å². The van der Waals surface area contributed by atoms with Crippen LogP contribution < -0.4 is 10.3 Å². The van der Waals surface area contributed by atoms with E-state index in [1.54, 1.807) is 35.9 Å². The van der Waals surface area contributed by atoms with Crippen molar-refractivity contribution < 1.29 is 22.7 Å². The van der Waals surface area contributed by atoms with Crippen molar-refractivity contribution in [2.45, 2.75) is 11.8 Å². The largest absolute Gasteiger partial charge is 0.506 e. The number of hydrogen-bond donors (Lipinski definition) is 2. The van der Waals surface area contributed by atoms with Gasteiger partial charge in [-0.1, -0.05) is 29.8 Å². The van der Waals surface area contributed by atoms with Crippen molar-refractivity contribution in [2.75, 3.05) is 0 Å². The molecule has 1 aromatic heterocycles. The number of amides is 1. The predicted octanol–water partition coefficient (Wildman–Crippen LogP) is 1.93. The van der Waals surface area contributed by atoms with E-state index in [1.807, 2.05) is 0 Å². The van der Waals surface area contributed by atoms with Crippen molar-refractivity contribution in [3.05, 3.63) is 70.1 Å². The predicted molar refractivity (Wildman–Crippen MR) is 90.0 cm³/mol. The molecule has 0 unspecified atom stereocenters. The van der Waals surface area contributed by atoms with Gasteiger partial charge in [0.2, 0.25) is 0 Å². The topological polar surface area (TPSA) is 114 Å². The summed E-state index contributed by atoms with van der Waals surface area (Å²) in [5.41, 5.74) is -0.969. The minimum Gasteiger partial charge on any atom is -0.506 e. The van der Waals surface area contributed by atoms with Gasteiger partial charge in [-0.05, 0) is 31.2 Å². The average molecular weight is 359 g/mol. The summed E-state index contributed by atoms with van der Waals surface area (Å²) in [6.07, 6.45) is 0. The van der Waals surface area contributed by atoms with Gasteiger partial charge < -0.3 is 9.52 Å². The zero-order chi connectivity index (χ0) is 18.2. The third-order valence-electron chi connectivity index (χ3n) is 3.57. The molecule has 0 saturated heterocycles. The SMILES string of the molecule is Cc1ccc(S(=O)(=O)NC(=O)c2c(O)c3ccccc3oc2=O)cc1. The van der Waals surface area contributed by atoms with Gasteiger partial charge in [-0.2, -0.15) is 0 Å². The molecule has 7 nitrogen and oxygen atoms in total. The van der Waals surface area contributed by atoms with Gasteiger partial charge in [-0.15, -0.1) is 0 Å². The molecule has 8 heteroatoms. The van der Waals surface area contributed by atoms with E-state index in [0.717, 1.165) is 5.56 Å². The maximum Gasteiger partial charge on any atom is 0.353 e. The monoisotopic (exact) mass is 359 g/mol. The van der Waals surface area contributed by atoms with Crippen molar-refractivity contribution in [1.29, 1.82) is 0 Å². The molecule has 1 heterocycles. The van der Waals surface area contributed by atoms with Crippen molar-refractivity contribution >= 4 is 26.9 Å². The van der Waals surface area contributed by atoms with Crippen molar-refractivity contribution in [3.8, 4) is 5.75 Å². The van der Waals surface area contributed by atoms with Crippen LogP contribution in [0, 0.1) is 6.92 Å². The zero-order valence-corrected chi connectivity index (χ0v) is 13.8. The second-order valence-electron chi connectivity index (χ2n) is 5.36. The molecule has 0 atom stereocenters. The fourth-order valence-corrected chi connectivity index (χ4v) is 3.24. The number of aryl methyl sites for hydroxylation is 1. The van der Waals surface area contributed by atoms with Crippen molar-refractivity contribution in [1.82, 2.24) is 4.72 Å². The number of sulfonamides is 1. The van der Waals surface area contributed by atoms with Crippen molar-refractivity contribution in [2.24, 2.45) is 0 Å². The Bertz CT molecular complexity index is 1130. The van der Waals surface area contributed by atoms with Gasteiger partial charge in [-0.25, -0.2) is 17.9 Å². The van der Waals surface area contributed by atoms with E-state index in [-0.39, 0.29) is 15.9 Å². The summed E-state index contributed by atoms with van der Waals surface area (Å²) < 4.78 is 31.3. The molecule has 0 aliphatic rings. The second kappa shape index (κ2) is 6.06. The lowest BCUT2D eigenvalue weighted by Crippen LogP contribution is -2.33. The van der Waals surface area contributed by atoms with Crippen LogP contribution in [-0.4, -0.2) is 19.4 Å². The Morgan fingerprint density at radius 1 is 1.08 bits per heavy atom. The van der Waals surface area contributed by atoms with Gasteiger partial charge in [0.1, 0.15) is 11.3 Å². The fraction of sp³-hybridized carbons (Fsp3) is 0.0588. The minimum atomic E-state index is -4.20. The molecule has 128 valence electrons. The summed E-state index contributed by atoms with van der Waals surface area (Å²) >= 11 is 0. The molecule has 0 aliphatic heterocycles. The standard InChI is InChI=1S/C17H13NO6S/c1-10-6-8-11(9-7-10)25(22,23)18-16(20)14-15(19)12-4-2-3-5-13(12)24-17(14)21/h2-9,19H,1H3,(H,18,20). The second-order valence-corrected chi connectivity index (χ2v) is 7.04. The van der Waals surface area contributed by atoms with E-state index in [2.05, 4.69) is 0 Å². The molecule has 3 aromatic rings. The number of aromatic hydroxyl groups is 1. The molecular formula is C17H13NO6S. The zero-order valence-electron chi connectivity index (χ0n) is 13.0. The van der Waals surface area contributed by atoms with E-state index < -0.39 is 32.9 Å². The molecule has 25 heavy (non-hydrogen) atoms. The molecule has 0 fully saturated rings. The number of rotatable bonds is 3. The van der Waals surface area contributed by atoms with Crippen LogP contribution in [0.5, 0.6) is 5.75 Å². The quantitative estimate of drug-likeness (QED) is 0.691. The highest BCUT2D eigenvalue weighted by molar-refractivity contribution is 7.90. The molecular weight excluding hydrogens is 346 g/mol. The van der Waals surface area contributed by atoms with E-state index in [4.69, 9.17) is 4.42 Å². The van der Waals surface area contributed by atoms with Crippen LogP contribution in [0.3, 0.4) is 0 Å². The van der Waals surface area contributed by atoms with Gasteiger partial charge in [0.15, 0.2) is 5.56 Å². The number of nitrogens with one attached hydrogen (secondary N) is 1. The minimum absolute atomic E-state index is 0.0861. The molecule has 0 radical (unpaired) electrons. The van der Waals surface area contributed by atoms with Crippen LogP contribution in [0.25, 0.3) is 11.0 Å². The average Bonchev–Trinajstić information content (AvgIpc) is 2.54. The normalized spacial score (nSPS) is 11.4. The Balaban J connectivity index is 2.03. The third kappa shape index (κ3) is 3.11. The Morgan fingerprint density at radius 2 is 1.72 bits per heavy atom. The number of fused-ring (bicyclic) bond motifs is 1. The summed E-state index contributed by atoms with van der Waals surface area (Å²) in [6, 6.07) is 11.8. The number of carbonyl (C=O) groups is 1. The van der Waals surface area contributed by atoms with Crippen LogP contribution >= 0.6 is 0 Å². The van der Waals surface area contributed by atoms with Gasteiger partial charge in [0.05, 0.1) is 10.3 Å². The number of para-hydroxylation sites is 1. The summed E-state index contributed by atoms with van der Waals surface area (Å²) in [7, 11) is -4.20. The van der Waals surface area contributed by atoms with Gasteiger partial charge in [0.25, 0.3) is 15.9 Å². The first-order valence-corrected chi connectivity index (χ1v) is 8.66. The highest BCUT2D eigenvalue weighted by Gasteiger charge is 2.25. The maximum atomic E-state index is 12.3. The molecule has 0 aliphatic carbocycles. The molecule has 0 spiro atoms. The highest BCUT2D eigenvalue weighted by Crippen LogP contribution is 2.26. The van der Waals surface area contributed by atoms with Crippen LogP contribution in [-0.2, 0) is 10.0 Å². The Labute approximate surface area is 142 Å². The first kappa shape index (κ1) is 16.7.